The van der Waals surface area contributed by atoms with Gasteiger partial charge in [0.05, 0.1) is 11.1 Å². The van der Waals surface area contributed by atoms with Crippen molar-refractivity contribution in [3.05, 3.63) is 30.3 Å². The Hall–Kier alpha value is -1.62. The van der Waals surface area contributed by atoms with Crippen LogP contribution in [0, 0.1) is 0 Å². The Morgan fingerprint density at radius 1 is 1.10 bits per heavy atom. The van der Waals surface area contributed by atoms with Gasteiger partial charge in [0.2, 0.25) is 5.95 Å². The summed E-state index contributed by atoms with van der Waals surface area (Å²) in [5.74, 6) is 0.661. The van der Waals surface area contributed by atoms with Crippen molar-refractivity contribution >= 4 is 17.5 Å². The Bertz CT molecular complexity index is 542. The van der Waals surface area contributed by atoms with Crippen molar-refractivity contribution in [2.75, 3.05) is 5.32 Å². The summed E-state index contributed by atoms with van der Waals surface area (Å²) in [5, 5.41) is 15.5. The minimum absolute atomic E-state index is 0.137. The third kappa shape index (κ3) is 2.93. The molecular formula is C14H18ClN5. The second-order valence-corrected chi connectivity index (χ2v) is 5.72. The van der Waals surface area contributed by atoms with Crippen molar-refractivity contribution in [1.82, 2.24) is 20.2 Å². The van der Waals surface area contributed by atoms with Gasteiger partial charge in [0, 0.05) is 6.04 Å². The van der Waals surface area contributed by atoms with Gasteiger partial charge in [-0.3, -0.25) is 0 Å². The Balaban J connectivity index is 1.80. The molecule has 3 rings (SSSR count). The largest absolute Gasteiger partial charge is 0.349 e. The fraction of sp³-hybridized carbons (Fsp3) is 0.500. The molecule has 5 nitrogen and oxygen atoms in total. The van der Waals surface area contributed by atoms with Gasteiger partial charge in [-0.2, -0.15) is 4.68 Å². The van der Waals surface area contributed by atoms with Crippen LogP contribution in [0.2, 0.25) is 0 Å². The van der Waals surface area contributed by atoms with E-state index in [9.17, 15) is 0 Å². The van der Waals surface area contributed by atoms with Gasteiger partial charge in [0.1, 0.15) is 0 Å². The average molecular weight is 292 g/mol. The molecule has 2 aromatic rings. The van der Waals surface area contributed by atoms with Crippen LogP contribution in [0.1, 0.15) is 32.1 Å². The lowest BCUT2D eigenvalue weighted by molar-refractivity contribution is 0.618. The zero-order valence-electron chi connectivity index (χ0n) is 11.2. The highest BCUT2D eigenvalue weighted by molar-refractivity contribution is 6.21. The van der Waals surface area contributed by atoms with Crippen molar-refractivity contribution in [2.24, 2.45) is 0 Å². The molecule has 1 N–H and O–H groups in total. The fourth-order valence-corrected chi connectivity index (χ4v) is 2.95. The highest BCUT2D eigenvalue weighted by atomic mass is 35.5. The lowest BCUT2D eigenvalue weighted by Gasteiger charge is -2.21. The molecule has 1 aliphatic carbocycles. The van der Waals surface area contributed by atoms with Crippen LogP contribution >= 0.6 is 11.6 Å². The van der Waals surface area contributed by atoms with E-state index < -0.39 is 0 Å². The number of alkyl halides is 1. The summed E-state index contributed by atoms with van der Waals surface area (Å²) < 4.78 is 1.72. The zero-order chi connectivity index (χ0) is 13.8. The molecule has 20 heavy (non-hydrogen) atoms. The van der Waals surface area contributed by atoms with Crippen LogP contribution in [-0.2, 0) is 0 Å². The molecule has 1 aliphatic rings. The van der Waals surface area contributed by atoms with E-state index >= 15 is 0 Å². The average Bonchev–Trinajstić information content (AvgIpc) is 2.85. The number of para-hydroxylation sites is 1. The number of nitrogens with one attached hydrogen (secondary N) is 1. The van der Waals surface area contributed by atoms with Crippen molar-refractivity contribution in [2.45, 2.75) is 43.5 Å². The minimum atomic E-state index is 0.137. The Morgan fingerprint density at radius 2 is 1.90 bits per heavy atom. The van der Waals surface area contributed by atoms with E-state index in [4.69, 9.17) is 11.6 Å². The van der Waals surface area contributed by atoms with E-state index in [1.807, 2.05) is 30.3 Å². The molecule has 1 saturated carbocycles. The standard InChI is InChI=1S/C14H18ClN5/c15-12-9-5-2-6-10-13(12)16-14-17-18-19-20(14)11-7-3-1-4-8-11/h1,3-4,7-8,12-13H,2,5-6,9-10H2,(H,16,17,19). The first-order valence-corrected chi connectivity index (χ1v) is 7.52. The number of anilines is 1. The molecule has 1 aromatic heterocycles. The summed E-state index contributed by atoms with van der Waals surface area (Å²) in [5.41, 5.74) is 0.944. The minimum Gasteiger partial charge on any atom is -0.349 e. The molecule has 0 spiro atoms. The molecule has 0 amide bonds. The maximum atomic E-state index is 6.46. The molecule has 0 saturated heterocycles. The van der Waals surface area contributed by atoms with Gasteiger partial charge >= 0.3 is 0 Å². The molecule has 1 aromatic carbocycles. The number of tetrazole rings is 1. The van der Waals surface area contributed by atoms with Gasteiger partial charge < -0.3 is 5.32 Å². The van der Waals surface area contributed by atoms with Crippen LogP contribution in [0.5, 0.6) is 0 Å². The SMILES string of the molecule is ClC1CCCCCC1Nc1nnnn1-c1ccccc1. The quantitative estimate of drug-likeness (QED) is 0.698. The summed E-state index contributed by atoms with van der Waals surface area (Å²) >= 11 is 6.46. The van der Waals surface area contributed by atoms with Crippen molar-refractivity contribution in [3.8, 4) is 5.69 Å². The summed E-state index contributed by atoms with van der Waals surface area (Å²) in [6.45, 7) is 0. The fourth-order valence-electron chi connectivity index (χ4n) is 2.61. The maximum Gasteiger partial charge on any atom is 0.248 e. The number of benzene rings is 1. The van der Waals surface area contributed by atoms with Crippen LogP contribution in [0.25, 0.3) is 5.69 Å². The summed E-state index contributed by atoms with van der Waals surface area (Å²) in [4.78, 5) is 0. The number of aromatic nitrogens is 4. The molecule has 0 aliphatic heterocycles. The second kappa shape index (κ2) is 6.22. The van der Waals surface area contributed by atoms with E-state index in [-0.39, 0.29) is 11.4 Å². The first-order valence-electron chi connectivity index (χ1n) is 7.09. The predicted octanol–water partition coefficient (Wildman–Crippen LogP) is 3.01. The van der Waals surface area contributed by atoms with E-state index in [2.05, 4.69) is 20.8 Å². The maximum absolute atomic E-state index is 6.46. The molecule has 1 heterocycles. The van der Waals surface area contributed by atoms with Gasteiger partial charge in [0.25, 0.3) is 0 Å². The number of rotatable bonds is 3. The Morgan fingerprint density at radius 3 is 2.75 bits per heavy atom. The van der Waals surface area contributed by atoms with Gasteiger partial charge in [-0.1, -0.05) is 42.6 Å². The van der Waals surface area contributed by atoms with E-state index in [1.165, 1.54) is 19.3 Å². The van der Waals surface area contributed by atoms with E-state index in [0.29, 0.717) is 5.95 Å². The van der Waals surface area contributed by atoms with E-state index in [0.717, 1.165) is 18.5 Å². The zero-order valence-corrected chi connectivity index (χ0v) is 12.0. The number of hydrogen-bond acceptors (Lipinski definition) is 4. The van der Waals surface area contributed by atoms with Crippen LogP contribution < -0.4 is 5.32 Å². The molecule has 106 valence electrons. The first kappa shape index (κ1) is 13.4. The van der Waals surface area contributed by atoms with E-state index in [1.54, 1.807) is 4.68 Å². The summed E-state index contributed by atoms with van der Waals surface area (Å²) in [6, 6.07) is 10.1. The van der Waals surface area contributed by atoms with Gasteiger partial charge in [-0.05, 0) is 35.4 Å². The van der Waals surface area contributed by atoms with Crippen LogP contribution in [0.4, 0.5) is 5.95 Å². The van der Waals surface area contributed by atoms with Crippen LogP contribution in [0.15, 0.2) is 30.3 Å². The van der Waals surface area contributed by atoms with Crippen molar-refractivity contribution < 1.29 is 0 Å². The normalized spacial score (nSPS) is 23.2. The first-order chi connectivity index (χ1) is 9.84. The van der Waals surface area contributed by atoms with Crippen LogP contribution in [-0.4, -0.2) is 31.6 Å². The molecule has 1 fully saturated rings. The number of hydrogen-bond donors (Lipinski definition) is 1. The van der Waals surface area contributed by atoms with Gasteiger partial charge in [0.15, 0.2) is 0 Å². The molecule has 2 atom stereocenters. The van der Waals surface area contributed by atoms with Gasteiger partial charge in [-0.25, -0.2) is 0 Å². The summed E-state index contributed by atoms with van der Waals surface area (Å²) in [7, 11) is 0. The van der Waals surface area contributed by atoms with Crippen molar-refractivity contribution in [3.63, 3.8) is 0 Å². The topological polar surface area (TPSA) is 55.6 Å². The predicted molar refractivity (Wildman–Crippen MR) is 79.3 cm³/mol. The van der Waals surface area contributed by atoms with Crippen molar-refractivity contribution in [1.29, 1.82) is 0 Å². The van der Waals surface area contributed by atoms with Gasteiger partial charge in [-0.15, -0.1) is 11.6 Å². The molecule has 6 heteroatoms. The monoisotopic (exact) mass is 291 g/mol. The molecule has 0 radical (unpaired) electrons. The number of nitrogens with zero attached hydrogens (tertiary/aromatic N) is 4. The third-order valence-electron chi connectivity index (χ3n) is 3.72. The summed E-state index contributed by atoms with van der Waals surface area (Å²) in [6.07, 6.45) is 5.77. The smallest absolute Gasteiger partial charge is 0.248 e. The van der Waals surface area contributed by atoms with Crippen LogP contribution in [0.3, 0.4) is 0 Å². The second-order valence-electron chi connectivity index (χ2n) is 5.15. The molecular weight excluding hydrogens is 274 g/mol. The Kier molecular flexibility index (Phi) is 4.16. The highest BCUT2D eigenvalue weighted by Crippen LogP contribution is 2.25. The third-order valence-corrected chi connectivity index (χ3v) is 4.24. The lowest BCUT2D eigenvalue weighted by atomic mass is 10.1. The molecule has 0 bridgehead atoms. The molecule has 2 unspecified atom stereocenters. The number of halogens is 1. The highest BCUT2D eigenvalue weighted by Gasteiger charge is 2.23. The Labute approximate surface area is 123 Å². The lowest BCUT2D eigenvalue weighted by Crippen LogP contribution is -2.30.